The third-order valence-electron chi connectivity index (χ3n) is 3.87. The van der Waals surface area contributed by atoms with Crippen LogP contribution in [0.1, 0.15) is 38.5 Å². The molecule has 0 saturated heterocycles. The molecule has 3 nitrogen and oxygen atoms in total. The molecule has 2 atom stereocenters. The largest absolute Gasteiger partial charge is 0.394 e. The Labute approximate surface area is 86.3 Å². The molecule has 14 heavy (non-hydrogen) atoms. The van der Waals surface area contributed by atoms with Gasteiger partial charge in [0.05, 0.1) is 6.61 Å². The van der Waals surface area contributed by atoms with Crippen LogP contribution in [0, 0.1) is 0 Å². The van der Waals surface area contributed by atoms with Crippen molar-refractivity contribution < 1.29 is 5.11 Å². The van der Waals surface area contributed by atoms with E-state index in [2.05, 4.69) is 11.9 Å². The summed E-state index contributed by atoms with van der Waals surface area (Å²) >= 11 is 0. The van der Waals surface area contributed by atoms with Gasteiger partial charge in [-0.1, -0.05) is 0 Å². The topological polar surface area (TPSA) is 49.5 Å². The van der Waals surface area contributed by atoms with Gasteiger partial charge in [0.15, 0.2) is 0 Å². The zero-order valence-electron chi connectivity index (χ0n) is 9.08. The summed E-state index contributed by atoms with van der Waals surface area (Å²) in [6.45, 7) is 0.141. The van der Waals surface area contributed by atoms with E-state index in [1.54, 1.807) is 0 Å². The molecule has 2 rings (SSSR count). The molecule has 0 bridgehead atoms. The summed E-state index contributed by atoms with van der Waals surface area (Å²) < 4.78 is 0. The molecule has 2 saturated carbocycles. The molecule has 0 heterocycles. The van der Waals surface area contributed by atoms with Crippen molar-refractivity contribution in [2.24, 2.45) is 5.73 Å². The van der Waals surface area contributed by atoms with Gasteiger partial charge in [0, 0.05) is 17.6 Å². The van der Waals surface area contributed by atoms with E-state index in [4.69, 9.17) is 5.73 Å². The van der Waals surface area contributed by atoms with E-state index in [0.717, 1.165) is 18.9 Å². The van der Waals surface area contributed by atoms with Crippen LogP contribution in [0.2, 0.25) is 0 Å². The van der Waals surface area contributed by atoms with E-state index >= 15 is 0 Å². The molecule has 0 aliphatic heterocycles. The molecule has 0 aromatic rings. The summed E-state index contributed by atoms with van der Waals surface area (Å²) in [6, 6.07) is 1.41. The summed E-state index contributed by atoms with van der Waals surface area (Å²) in [4.78, 5) is 2.48. The zero-order valence-corrected chi connectivity index (χ0v) is 9.08. The average molecular weight is 198 g/mol. The molecule has 0 aromatic carbocycles. The summed E-state index contributed by atoms with van der Waals surface area (Å²) in [5, 5.41) is 9.26. The fourth-order valence-corrected chi connectivity index (χ4v) is 2.63. The molecular formula is C11H22N2O. The van der Waals surface area contributed by atoms with Crippen molar-refractivity contribution in [2.45, 2.75) is 56.1 Å². The number of aliphatic hydroxyl groups excluding tert-OH is 1. The Balaban J connectivity index is 1.92. The van der Waals surface area contributed by atoms with Gasteiger partial charge in [-0.3, -0.25) is 0 Å². The maximum absolute atomic E-state index is 9.26. The quantitative estimate of drug-likeness (QED) is 0.702. The normalized spacial score (nSPS) is 39.0. The highest BCUT2D eigenvalue weighted by Crippen LogP contribution is 2.34. The second kappa shape index (κ2) is 3.80. The van der Waals surface area contributed by atoms with Gasteiger partial charge in [-0.25, -0.2) is 0 Å². The van der Waals surface area contributed by atoms with Gasteiger partial charge < -0.3 is 15.7 Å². The molecule has 0 spiro atoms. The Kier molecular flexibility index (Phi) is 2.82. The van der Waals surface area contributed by atoms with Crippen molar-refractivity contribution in [2.75, 3.05) is 13.7 Å². The second-order valence-electron chi connectivity index (χ2n) is 5.17. The number of hydrogen-bond donors (Lipinski definition) is 2. The smallest absolute Gasteiger partial charge is 0.0611 e. The molecule has 2 unspecified atom stereocenters. The monoisotopic (exact) mass is 198 g/mol. The maximum atomic E-state index is 9.26. The van der Waals surface area contributed by atoms with Crippen LogP contribution in [-0.2, 0) is 0 Å². The summed E-state index contributed by atoms with van der Waals surface area (Å²) in [6.07, 6.45) is 7.08. The number of nitrogens with zero attached hydrogens (tertiary/aromatic N) is 1. The Morgan fingerprint density at radius 2 is 2.07 bits per heavy atom. The Hall–Kier alpha value is -0.120. The first-order chi connectivity index (χ1) is 6.64. The van der Waals surface area contributed by atoms with Gasteiger partial charge in [0.25, 0.3) is 0 Å². The Morgan fingerprint density at radius 1 is 1.36 bits per heavy atom. The minimum atomic E-state index is -0.300. The van der Waals surface area contributed by atoms with Gasteiger partial charge >= 0.3 is 0 Å². The molecule has 3 heteroatoms. The molecule has 0 aromatic heterocycles. The Morgan fingerprint density at radius 3 is 2.64 bits per heavy atom. The lowest BCUT2D eigenvalue weighted by atomic mass is 9.80. The first-order valence-corrected chi connectivity index (χ1v) is 5.76. The summed E-state index contributed by atoms with van der Waals surface area (Å²) in [5.74, 6) is 0. The van der Waals surface area contributed by atoms with Crippen molar-refractivity contribution >= 4 is 0 Å². The highest BCUT2D eigenvalue weighted by molar-refractivity contribution is 4.96. The second-order valence-corrected chi connectivity index (χ2v) is 5.17. The minimum absolute atomic E-state index is 0.141. The molecule has 2 aliphatic carbocycles. The van der Waals surface area contributed by atoms with Crippen LogP contribution in [-0.4, -0.2) is 41.3 Å². The van der Waals surface area contributed by atoms with E-state index in [-0.39, 0.29) is 12.1 Å². The predicted molar refractivity (Wildman–Crippen MR) is 57.0 cm³/mol. The van der Waals surface area contributed by atoms with Crippen LogP contribution in [0.3, 0.4) is 0 Å². The van der Waals surface area contributed by atoms with Gasteiger partial charge in [0.1, 0.15) is 0 Å². The third kappa shape index (κ3) is 2.10. The predicted octanol–water partition coefficient (Wildman–Crippen LogP) is 0.713. The summed E-state index contributed by atoms with van der Waals surface area (Å²) in [7, 11) is 2.21. The number of nitrogens with two attached hydrogens (primary N) is 1. The van der Waals surface area contributed by atoms with E-state index in [1.807, 2.05) is 0 Å². The van der Waals surface area contributed by atoms with Crippen LogP contribution < -0.4 is 5.73 Å². The van der Waals surface area contributed by atoms with Crippen LogP contribution in [0.25, 0.3) is 0 Å². The fraction of sp³-hybridized carbons (Fsp3) is 1.00. The molecule has 2 fully saturated rings. The standard InChI is InChI=1S/C11H22N2O/c1-13(9-4-5-9)10-3-2-6-11(12,7-10)8-14/h9-10,14H,2-8,12H2,1H3. The van der Waals surface area contributed by atoms with Crippen LogP contribution in [0.15, 0.2) is 0 Å². The molecule has 0 amide bonds. The zero-order chi connectivity index (χ0) is 10.2. The minimum Gasteiger partial charge on any atom is -0.394 e. The molecule has 0 radical (unpaired) electrons. The maximum Gasteiger partial charge on any atom is 0.0611 e. The highest BCUT2D eigenvalue weighted by atomic mass is 16.3. The van der Waals surface area contributed by atoms with E-state index in [0.29, 0.717) is 6.04 Å². The lowest BCUT2D eigenvalue weighted by Crippen LogP contribution is -2.52. The van der Waals surface area contributed by atoms with Crippen molar-refractivity contribution in [3.05, 3.63) is 0 Å². The van der Waals surface area contributed by atoms with Crippen molar-refractivity contribution in [1.29, 1.82) is 0 Å². The Bertz CT molecular complexity index is 205. The summed E-state index contributed by atoms with van der Waals surface area (Å²) in [5.41, 5.74) is 5.83. The van der Waals surface area contributed by atoms with E-state index < -0.39 is 0 Å². The first-order valence-electron chi connectivity index (χ1n) is 5.76. The molecule has 3 N–H and O–H groups in total. The molecule has 82 valence electrons. The van der Waals surface area contributed by atoms with Gasteiger partial charge in [0.2, 0.25) is 0 Å². The highest BCUT2D eigenvalue weighted by Gasteiger charge is 2.38. The van der Waals surface area contributed by atoms with Gasteiger partial charge in [-0.15, -0.1) is 0 Å². The lowest BCUT2D eigenvalue weighted by Gasteiger charge is -2.40. The van der Waals surface area contributed by atoms with E-state index in [9.17, 15) is 5.11 Å². The van der Waals surface area contributed by atoms with Crippen molar-refractivity contribution in [3.8, 4) is 0 Å². The first kappa shape index (κ1) is 10.4. The number of aliphatic hydroxyl groups is 1. The van der Waals surface area contributed by atoms with Crippen molar-refractivity contribution in [3.63, 3.8) is 0 Å². The van der Waals surface area contributed by atoms with Crippen molar-refractivity contribution in [1.82, 2.24) is 4.90 Å². The van der Waals surface area contributed by atoms with E-state index in [1.165, 1.54) is 25.7 Å². The third-order valence-corrected chi connectivity index (χ3v) is 3.87. The van der Waals surface area contributed by atoms with Crippen LogP contribution in [0.4, 0.5) is 0 Å². The number of hydrogen-bond acceptors (Lipinski definition) is 3. The lowest BCUT2D eigenvalue weighted by molar-refractivity contribution is 0.0911. The van der Waals surface area contributed by atoms with Crippen LogP contribution in [0.5, 0.6) is 0 Å². The average Bonchev–Trinajstić information content (AvgIpc) is 3.00. The number of rotatable bonds is 3. The molecule has 2 aliphatic rings. The van der Waals surface area contributed by atoms with Gasteiger partial charge in [-0.05, 0) is 45.6 Å². The van der Waals surface area contributed by atoms with Crippen LogP contribution >= 0.6 is 0 Å². The SMILES string of the molecule is CN(C1CC1)C1CCCC(N)(CO)C1. The van der Waals surface area contributed by atoms with Gasteiger partial charge in [-0.2, -0.15) is 0 Å². The molecular weight excluding hydrogens is 176 g/mol. The fourth-order valence-electron chi connectivity index (χ4n) is 2.63.